The van der Waals surface area contributed by atoms with Crippen molar-refractivity contribution in [1.82, 2.24) is 5.32 Å². The van der Waals surface area contributed by atoms with E-state index >= 15 is 4.39 Å². The van der Waals surface area contributed by atoms with E-state index in [1.165, 1.54) is 24.0 Å². The number of allylic oxidation sites excluding steroid dienone is 2. The van der Waals surface area contributed by atoms with Gasteiger partial charge in [0.2, 0.25) is 0 Å². The van der Waals surface area contributed by atoms with E-state index in [2.05, 4.69) is 23.8 Å². The van der Waals surface area contributed by atoms with Crippen molar-refractivity contribution in [3.63, 3.8) is 0 Å². The molecule has 0 spiro atoms. The number of halogens is 2. The molecule has 3 amide bonds. The molecule has 0 fully saturated rings. The van der Waals surface area contributed by atoms with E-state index in [1.54, 1.807) is 26.8 Å². The first kappa shape index (κ1) is 22.1. The summed E-state index contributed by atoms with van der Waals surface area (Å²) in [5.41, 5.74) is -0.696. The van der Waals surface area contributed by atoms with Crippen LogP contribution in [0, 0.1) is 11.6 Å². The molecule has 1 aliphatic rings. The van der Waals surface area contributed by atoms with Crippen molar-refractivity contribution in [1.29, 1.82) is 0 Å². The lowest BCUT2D eigenvalue weighted by molar-refractivity contribution is -0.125. The topological polar surface area (TPSA) is 70.7 Å². The molecule has 29 heavy (non-hydrogen) atoms. The number of benzene rings is 1. The summed E-state index contributed by atoms with van der Waals surface area (Å²) >= 11 is 0. The van der Waals surface area contributed by atoms with Crippen molar-refractivity contribution in [2.45, 2.75) is 39.3 Å². The first-order valence-electron chi connectivity index (χ1n) is 9.01. The van der Waals surface area contributed by atoms with Crippen molar-refractivity contribution in [3.8, 4) is 5.75 Å². The Morgan fingerprint density at radius 2 is 2.03 bits per heavy atom. The lowest BCUT2D eigenvalue weighted by Gasteiger charge is -2.34. The monoisotopic (exact) mass is 409 g/mol. The standard InChI is InChI=1S/C21H25F2N3O3.2H2/c1-7-9-13(8-2)11-26-15-10-14(22)17(24-20(28)25-21(4,5)6)16(23)18(15)29-12(3)19(26)27;;/h7-10,12H,1-2,11H2,3-6H3,(H2,24,25,28);2*1H/b13-9+;;/t12-;;/m1../s1. The lowest BCUT2D eigenvalue weighted by Crippen LogP contribution is -2.46. The van der Waals surface area contributed by atoms with E-state index in [0.717, 1.165) is 6.07 Å². The summed E-state index contributed by atoms with van der Waals surface area (Å²) in [6, 6.07) is 0.193. The minimum Gasteiger partial charge on any atom is -0.476 e. The Labute approximate surface area is 171 Å². The van der Waals surface area contributed by atoms with Gasteiger partial charge < -0.3 is 20.3 Å². The van der Waals surface area contributed by atoms with Gasteiger partial charge in [-0.05, 0) is 33.3 Å². The fraction of sp³-hybridized carbons (Fsp3) is 0.333. The number of urea groups is 1. The number of ether oxygens (including phenoxy) is 1. The second-order valence-electron chi connectivity index (χ2n) is 7.59. The van der Waals surface area contributed by atoms with Gasteiger partial charge in [0, 0.05) is 14.5 Å². The van der Waals surface area contributed by atoms with E-state index in [9.17, 15) is 14.0 Å². The molecule has 0 saturated carbocycles. The average molecular weight is 409 g/mol. The maximum atomic E-state index is 15.1. The summed E-state index contributed by atoms with van der Waals surface area (Å²) in [5, 5.41) is 4.73. The van der Waals surface area contributed by atoms with Crippen molar-refractivity contribution >= 4 is 23.3 Å². The quantitative estimate of drug-likeness (QED) is 0.687. The van der Waals surface area contributed by atoms with Crippen LogP contribution in [0.3, 0.4) is 0 Å². The maximum Gasteiger partial charge on any atom is 0.319 e. The highest BCUT2D eigenvalue weighted by Gasteiger charge is 2.36. The van der Waals surface area contributed by atoms with Crippen LogP contribution in [0.1, 0.15) is 30.5 Å². The number of nitrogens with zero attached hydrogens (tertiary/aromatic N) is 1. The zero-order valence-electron chi connectivity index (χ0n) is 16.9. The Morgan fingerprint density at radius 1 is 1.38 bits per heavy atom. The normalized spacial score (nSPS) is 16.6. The van der Waals surface area contributed by atoms with Crippen LogP contribution in [0.25, 0.3) is 0 Å². The third kappa shape index (κ3) is 5.01. The molecule has 0 unspecified atom stereocenters. The number of anilines is 2. The van der Waals surface area contributed by atoms with Gasteiger partial charge in [-0.25, -0.2) is 13.6 Å². The van der Waals surface area contributed by atoms with E-state index in [0.29, 0.717) is 5.57 Å². The molecule has 1 aromatic carbocycles. The molecule has 0 bridgehead atoms. The first-order valence-corrected chi connectivity index (χ1v) is 9.01. The average Bonchev–Trinajstić information content (AvgIpc) is 2.61. The highest BCUT2D eigenvalue weighted by atomic mass is 19.1. The predicted molar refractivity (Wildman–Crippen MR) is 113 cm³/mol. The Bertz CT molecular complexity index is 899. The van der Waals surface area contributed by atoms with Gasteiger partial charge in [0.05, 0.1) is 12.2 Å². The zero-order valence-corrected chi connectivity index (χ0v) is 16.9. The van der Waals surface area contributed by atoms with E-state index in [1.807, 2.05) is 0 Å². The van der Waals surface area contributed by atoms with Gasteiger partial charge in [-0.1, -0.05) is 31.4 Å². The Hall–Kier alpha value is -3.16. The van der Waals surface area contributed by atoms with Gasteiger partial charge in [0.1, 0.15) is 5.69 Å². The number of fused-ring (bicyclic) bond motifs is 1. The number of amides is 3. The fourth-order valence-electron chi connectivity index (χ4n) is 2.75. The third-order valence-electron chi connectivity index (χ3n) is 4.01. The first-order chi connectivity index (χ1) is 13.5. The molecule has 6 nitrogen and oxygen atoms in total. The molecule has 2 N–H and O–H groups in total. The zero-order chi connectivity index (χ0) is 21.9. The Balaban J connectivity index is 0.00000450. The molecule has 1 atom stereocenters. The highest BCUT2D eigenvalue weighted by Crippen LogP contribution is 2.41. The van der Waals surface area contributed by atoms with Crippen LogP contribution in [0.2, 0.25) is 0 Å². The Morgan fingerprint density at radius 3 is 2.59 bits per heavy atom. The molecule has 1 aliphatic heterocycles. The molecule has 2 rings (SSSR count). The molecule has 0 aromatic heterocycles. The molecule has 0 radical (unpaired) electrons. The van der Waals surface area contributed by atoms with Crippen molar-refractivity contribution in [2.75, 3.05) is 16.8 Å². The number of hydrogen-bond donors (Lipinski definition) is 2. The van der Waals surface area contributed by atoms with Crippen molar-refractivity contribution < 1.29 is 26.0 Å². The highest BCUT2D eigenvalue weighted by molar-refractivity contribution is 6.01. The fourth-order valence-corrected chi connectivity index (χ4v) is 2.75. The minimum atomic E-state index is -1.10. The van der Waals surface area contributed by atoms with Gasteiger partial charge in [0.15, 0.2) is 23.5 Å². The second kappa shape index (κ2) is 8.46. The van der Waals surface area contributed by atoms with E-state index in [-0.39, 0.29) is 20.8 Å². The van der Waals surface area contributed by atoms with Crippen LogP contribution >= 0.6 is 0 Å². The summed E-state index contributed by atoms with van der Waals surface area (Å²) in [5.74, 6) is -2.90. The molecular formula is C21H29F2N3O3. The van der Waals surface area contributed by atoms with Crippen LogP contribution in [-0.4, -0.2) is 30.1 Å². The summed E-state index contributed by atoms with van der Waals surface area (Å²) in [6.45, 7) is 14.0. The van der Waals surface area contributed by atoms with Crippen LogP contribution in [-0.2, 0) is 4.79 Å². The van der Waals surface area contributed by atoms with Crippen LogP contribution in [0.4, 0.5) is 25.0 Å². The van der Waals surface area contributed by atoms with Crippen molar-refractivity contribution in [3.05, 3.63) is 54.7 Å². The Kier molecular flexibility index (Phi) is 6.46. The summed E-state index contributed by atoms with van der Waals surface area (Å²) in [6.07, 6.45) is 3.69. The summed E-state index contributed by atoms with van der Waals surface area (Å²) in [4.78, 5) is 25.8. The van der Waals surface area contributed by atoms with Gasteiger partial charge in [0.25, 0.3) is 5.91 Å². The molecule has 1 aromatic rings. The molecular weight excluding hydrogens is 380 g/mol. The number of carbonyl (C=O) groups excluding carboxylic acids is 2. The maximum absolute atomic E-state index is 15.1. The molecule has 8 heteroatoms. The molecule has 0 saturated heterocycles. The largest absolute Gasteiger partial charge is 0.476 e. The number of hydrogen-bond acceptors (Lipinski definition) is 3. The SMILES string of the molecule is C=C/C=C(\C=C)CN1C(=O)[C@@H](C)Oc2c1cc(F)c(NC(=O)NC(C)(C)C)c2F.[HH].[HH]. The van der Waals surface area contributed by atoms with Gasteiger partial charge >= 0.3 is 6.03 Å². The molecule has 0 aliphatic carbocycles. The summed E-state index contributed by atoms with van der Waals surface area (Å²) in [7, 11) is 0. The van der Waals surface area contributed by atoms with E-state index in [4.69, 9.17) is 4.74 Å². The van der Waals surface area contributed by atoms with Crippen LogP contribution in [0.15, 0.2) is 43.0 Å². The lowest BCUT2D eigenvalue weighted by atomic mass is 10.1. The second-order valence-corrected chi connectivity index (χ2v) is 7.59. The van der Waals surface area contributed by atoms with E-state index < -0.39 is 40.9 Å². The number of rotatable bonds is 5. The number of carbonyl (C=O) groups is 2. The van der Waals surface area contributed by atoms with Gasteiger partial charge in [-0.3, -0.25) is 4.79 Å². The minimum absolute atomic E-state index is 0. The molecule has 1 heterocycles. The predicted octanol–water partition coefficient (Wildman–Crippen LogP) is 4.79. The summed E-state index contributed by atoms with van der Waals surface area (Å²) < 4.78 is 35.1. The molecule has 160 valence electrons. The number of nitrogens with one attached hydrogen (secondary N) is 2. The third-order valence-corrected chi connectivity index (χ3v) is 4.01. The van der Waals surface area contributed by atoms with Gasteiger partial charge in [-0.2, -0.15) is 0 Å². The smallest absolute Gasteiger partial charge is 0.319 e. The van der Waals surface area contributed by atoms with Gasteiger partial charge in [-0.15, -0.1) is 0 Å². The van der Waals surface area contributed by atoms with Crippen LogP contribution < -0.4 is 20.3 Å². The van der Waals surface area contributed by atoms with Crippen LogP contribution in [0.5, 0.6) is 5.75 Å². The van der Waals surface area contributed by atoms with Crippen molar-refractivity contribution in [2.24, 2.45) is 0 Å².